The Morgan fingerprint density at radius 2 is 2.17 bits per heavy atom. The molecule has 1 N–H and O–H groups in total. The van der Waals surface area contributed by atoms with Crippen molar-refractivity contribution in [3.63, 3.8) is 0 Å². The third-order valence-electron chi connectivity index (χ3n) is 1.10. The van der Waals surface area contributed by atoms with E-state index in [1.54, 1.807) is 11.8 Å². The predicted octanol–water partition coefficient (Wildman–Crippen LogP) is 1.24. The lowest BCUT2D eigenvalue weighted by atomic mass is 10.4. The summed E-state index contributed by atoms with van der Waals surface area (Å²) in [6, 6.07) is -0.0429. The number of hydrogen-bond donors (Lipinski definition) is 1. The minimum absolute atomic E-state index is 0.0429. The fourth-order valence-corrected chi connectivity index (χ4v) is 2.39. The van der Waals surface area contributed by atoms with Crippen LogP contribution in [-0.4, -0.2) is 31.2 Å². The summed E-state index contributed by atoms with van der Waals surface area (Å²) in [6.07, 6.45) is 0. The standard InChI is InChI=1S/C6H14ClNO2S2/c1-3-11-4-6(2)8-12(9,10)5-7/h6,8H,3-5H2,1-2H3. The van der Waals surface area contributed by atoms with Crippen molar-refractivity contribution in [2.24, 2.45) is 0 Å². The van der Waals surface area contributed by atoms with Crippen LogP contribution in [0.3, 0.4) is 0 Å². The molecular formula is C6H14ClNO2S2. The molecule has 1 unspecified atom stereocenters. The van der Waals surface area contributed by atoms with E-state index in [4.69, 9.17) is 11.6 Å². The van der Waals surface area contributed by atoms with Gasteiger partial charge in [0, 0.05) is 11.8 Å². The van der Waals surface area contributed by atoms with Crippen LogP contribution in [0.15, 0.2) is 0 Å². The van der Waals surface area contributed by atoms with Crippen molar-refractivity contribution in [2.75, 3.05) is 16.7 Å². The van der Waals surface area contributed by atoms with Gasteiger partial charge in [0.2, 0.25) is 10.0 Å². The normalized spacial score (nSPS) is 14.6. The molecule has 0 heterocycles. The van der Waals surface area contributed by atoms with Crippen LogP contribution in [0.4, 0.5) is 0 Å². The largest absolute Gasteiger partial charge is 0.225 e. The average molecular weight is 232 g/mol. The molecule has 0 saturated carbocycles. The number of hydrogen-bond acceptors (Lipinski definition) is 3. The second kappa shape index (κ2) is 6.07. The highest BCUT2D eigenvalue weighted by Gasteiger charge is 2.11. The number of rotatable bonds is 6. The van der Waals surface area contributed by atoms with Crippen molar-refractivity contribution >= 4 is 33.4 Å². The Morgan fingerprint density at radius 1 is 1.58 bits per heavy atom. The molecule has 1 atom stereocenters. The van der Waals surface area contributed by atoms with Crippen LogP contribution in [0.1, 0.15) is 13.8 Å². The zero-order valence-electron chi connectivity index (χ0n) is 7.21. The van der Waals surface area contributed by atoms with Gasteiger partial charge in [0.25, 0.3) is 0 Å². The molecule has 0 radical (unpaired) electrons. The smallest absolute Gasteiger partial charge is 0.211 e. The van der Waals surface area contributed by atoms with Gasteiger partial charge >= 0.3 is 0 Å². The molecule has 6 heteroatoms. The third-order valence-corrected chi connectivity index (χ3v) is 4.15. The lowest BCUT2D eigenvalue weighted by Gasteiger charge is -2.11. The summed E-state index contributed by atoms with van der Waals surface area (Å²) >= 11 is 6.91. The van der Waals surface area contributed by atoms with E-state index in [0.29, 0.717) is 0 Å². The highest BCUT2D eigenvalue weighted by molar-refractivity contribution is 7.99. The number of sulfonamides is 1. The van der Waals surface area contributed by atoms with E-state index in [-0.39, 0.29) is 11.3 Å². The molecule has 74 valence electrons. The average Bonchev–Trinajstić information content (AvgIpc) is 2.00. The molecule has 12 heavy (non-hydrogen) atoms. The van der Waals surface area contributed by atoms with Crippen molar-refractivity contribution in [3.05, 3.63) is 0 Å². The number of nitrogens with one attached hydrogen (secondary N) is 1. The van der Waals surface area contributed by atoms with Crippen LogP contribution >= 0.6 is 23.4 Å². The second-order valence-electron chi connectivity index (χ2n) is 2.40. The first-order valence-corrected chi connectivity index (χ1v) is 6.99. The summed E-state index contributed by atoms with van der Waals surface area (Å²) < 4.78 is 24.3. The molecular weight excluding hydrogens is 218 g/mol. The summed E-state index contributed by atoms with van der Waals surface area (Å²) in [6.45, 7) is 3.86. The van der Waals surface area contributed by atoms with E-state index >= 15 is 0 Å². The van der Waals surface area contributed by atoms with E-state index in [1.807, 2.05) is 13.8 Å². The van der Waals surface area contributed by atoms with Crippen molar-refractivity contribution < 1.29 is 8.42 Å². The first-order chi connectivity index (χ1) is 5.52. The topological polar surface area (TPSA) is 46.2 Å². The maximum atomic E-state index is 10.9. The molecule has 0 aromatic heterocycles. The lowest BCUT2D eigenvalue weighted by Crippen LogP contribution is -2.34. The lowest BCUT2D eigenvalue weighted by molar-refractivity contribution is 0.576. The first kappa shape index (κ1) is 12.6. The molecule has 0 aliphatic heterocycles. The van der Waals surface area contributed by atoms with Gasteiger partial charge < -0.3 is 0 Å². The Bertz CT molecular complexity index is 206. The van der Waals surface area contributed by atoms with Gasteiger partial charge in [-0.25, -0.2) is 13.1 Å². The van der Waals surface area contributed by atoms with Gasteiger partial charge in [-0.3, -0.25) is 0 Å². The van der Waals surface area contributed by atoms with Crippen molar-refractivity contribution in [3.8, 4) is 0 Å². The molecule has 0 fully saturated rings. The molecule has 0 saturated heterocycles. The minimum atomic E-state index is -3.25. The van der Waals surface area contributed by atoms with Gasteiger partial charge in [-0.05, 0) is 12.7 Å². The summed E-state index contributed by atoms with van der Waals surface area (Å²) in [5, 5.41) is -0.367. The highest BCUT2D eigenvalue weighted by atomic mass is 35.5. The molecule has 0 aromatic rings. The molecule has 0 spiro atoms. The molecule has 0 amide bonds. The Hall–Kier alpha value is 0.550. The minimum Gasteiger partial charge on any atom is -0.211 e. The Balaban J connectivity index is 3.76. The maximum Gasteiger partial charge on any atom is 0.225 e. The van der Waals surface area contributed by atoms with Crippen molar-refractivity contribution in [2.45, 2.75) is 19.9 Å². The van der Waals surface area contributed by atoms with Crippen LogP contribution in [-0.2, 0) is 10.0 Å². The molecule has 0 rings (SSSR count). The van der Waals surface area contributed by atoms with Crippen LogP contribution in [0, 0.1) is 0 Å². The SMILES string of the molecule is CCSCC(C)NS(=O)(=O)CCl. The first-order valence-electron chi connectivity index (χ1n) is 3.65. The number of alkyl halides is 1. The van der Waals surface area contributed by atoms with Gasteiger partial charge in [0.15, 0.2) is 0 Å². The molecule has 0 bridgehead atoms. The Morgan fingerprint density at radius 3 is 2.58 bits per heavy atom. The van der Waals surface area contributed by atoms with Crippen molar-refractivity contribution in [1.29, 1.82) is 0 Å². The van der Waals surface area contributed by atoms with Crippen LogP contribution in [0.5, 0.6) is 0 Å². The van der Waals surface area contributed by atoms with Gasteiger partial charge in [-0.2, -0.15) is 11.8 Å². The fraction of sp³-hybridized carbons (Fsp3) is 1.00. The van der Waals surface area contributed by atoms with Crippen molar-refractivity contribution in [1.82, 2.24) is 4.72 Å². The van der Waals surface area contributed by atoms with E-state index in [2.05, 4.69) is 4.72 Å². The Kier molecular flexibility index (Phi) is 6.35. The molecule has 3 nitrogen and oxygen atoms in total. The number of halogens is 1. The van der Waals surface area contributed by atoms with E-state index < -0.39 is 10.0 Å². The highest BCUT2D eigenvalue weighted by Crippen LogP contribution is 2.02. The second-order valence-corrected chi connectivity index (χ2v) is 6.06. The Labute approximate surface area is 83.3 Å². The van der Waals surface area contributed by atoms with Gasteiger partial charge in [0.1, 0.15) is 5.21 Å². The summed E-state index contributed by atoms with van der Waals surface area (Å²) in [5.41, 5.74) is 0. The molecule has 0 aromatic carbocycles. The van der Waals surface area contributed by atoms with Crippen LogP contribution in [0.25, 0.3) is 0 Å². The van der Waals surface area contributed by atoms with Crippen LogP contribution < -0.4 is 4.72 Å². The fourth-order valence-electron chi connectivity index (χ4n) is 0.667. The summed E-state index contributed by atoms with van der Waals surface area (Å²) in [5.74, 6) is 1.78. The quantitative estimate of drug-likeness (QED) is 0.700. The maximum absolute atomic E-state index is 10.9. The van der Waals surface area contributed by atoms with Gasteiger partial charge in [-0.1, -0.05) is 6.92 Å². The van der Waals surface area contributed by atoms with E-state index in [1.165, 1.54) is 0 Å². The monoisotopic (exact) mass is 231 g/mol. The van der Waals surface area contributed by atoms with E-state index in [9.17, 15) is 8.42 Å². The van der Waals surface area contributed by atoms with Crippen LogP contribution in [0.2, 0.25) is 0 Å². The predicted molar refractivity (Wildman–Crippen MR) is 55.2 cm³/mol. The summed E-state index contributed by atoms with van der Waals surface area (Å²) in [4.78, 5) is 0. The van der Waals surface area contributed by atoms with Gasteiger partial charge in [0.05, 0.1) is 0 Å². The van der Waals surface area contributed by atoms with Gasteiger partial charge in [-0.15, -0.1) is 11.6 Å². The zero-order valence-corrected chi connectivity index (χ0v) is 9.60. The molecule has 0 aliphatic rings. The zero-order chi connectivity index (χ0) is 9.61. The summed E-state index contributed by atoms with van der Waals surface area (Å²) in [7, 11) is -3.25. The molecule has 0 aliphatic carbocycles. The van der Waals surface area contributed by atoms with E-state index in [0.717, 1.165) is 11.5 Å². The number of thioether (sulfide) groups is 1. The third kappa shape index (κ3) is 6.11.